The van der Waals surface area contributed by atoms with Gasteiger partial charge in [-0.15, -0.1) is 11.8 Å². The summed E-state index contributed by atoms with van der Waals surface area (Å²) in [5.41, 5.74) is 0. The van der Waals surface area contributed by atoms with Gasteiger partial charge in [-0.2, -0.15) is 0 Å². The molecule has 0 aromatic heterocycles. The highest BCUT2D eigenvalue weighted by Crippen LogP contribution is 2.15. The summed E-state index contributed by atoms with van der Waals surface area (Å²) in [6.07, 6.45) is 42.8. The van der Waals surface area contributed by atoms with Gasteiger partial charge in [0, 0.05) is 0 Å². The highest BCUT2D eigenvalue weighted by molar-refractivity contribution is 8.00. The lowest BCUT2D eigenvalue weighted by Gasteiger charge is -2.06. The molecule has 0 bridgehead atoms. The lowest BCUT2D eigenvalue weighted by atomic mass is 10.0. The highest BCUT2D eigenvalue weighted by atomic mass is 32.2. The Hall–Kier alpha value is -0.710. The van der Waals surface area contributed by atoms with E-state index in [2.05, 4.69) is 13.8 Å². The number of hydrogen-bond donors (Lipinski definition) is 0. The molecule has 0 fully saturated rings. The van der Waals surface area contributed by atoms with E-state index in [-0.39, 0.29) is 23.4 Å². The third kappa shape index (κ3) is 39.4. The summed E-state index contributed by atoms with van der Waals surface area (Å²) in [5.74, 6) is 0.0261. The van der Waals surface area contributed by atoms with E-state index in [9.17, 15) is 9.59 Å². The first kappa shape index (κ1) is 44.3. The minimum atomic E-state index is -0.216. The van der Waals surface area contributed by atoms with Crippen molar-refractivity contribution in [2.45, 2.75) is 219 Å². The van der Waals surface area contributed by atoms with E-state index in [0.29, 0.717) is 13.2 Å². The molecule has 0 aromatic carbocycles. The van der Waals surface area contributed by atoms with Crippen LogP contribution in [0.5, 0.6) is 0 Å². The molecule has 0 heterocycles. The van der Waals surface area contributed by atoms with Crippen molar-refractivity contribution >= 4 is 23.7 Å². The van der Waals surface area contributed by atoms with Crippen molar-refractivity contribution in [1.82, 2.24) is 0 Å². The van der Waals surface area contributed by atoms with Crippen LogP contribution in [0.1, 0.15) is 219 Å². The molecule has 0 saturated carbocycles. The Balaban J connectivity index is 3.25. The van der Waals surface area contributed by atoms with Crippen LogP contribution in [0.2, 0.25) is 0 Å². The van der Waals surface area contributed by atoms with Gasteiger partial charge < -0.3 is 9.47 Å². The number of thioether (sulfide) groups is 1. The monoisotopic (exact) mass is 655 g/mol. The van der Waals surface area contributed by atoms with Crippen LogP contribution >= 0.6 is 11.8 Å². The van der Waals surface area contributed by atoms with E-state index in [4.69, 9.17) is 9.47 Å². The minimum absolute atomic E-state index is 0.216. The fraction of sp³-hybridized carbons (Fsp3) is 0.950. The second kappa shape index (κ2) is 39.5. The van der Waals surface area contributed by atoms with Gasteiger partial charge in [-0.25, -0.2) is 0 Å². The van der Waals surface area contributed by atoms with Gasteiger partial charge in [-0.1, -0.05) is 206 Å². The van der Waals surface area contributed by atoms with Crippen molar-refractivity contribution in [1.29, 1.82) is 0 Å². The zero-order valence-electron chi connectivity index (χ0n) is 30.5. The Bertz CT molecular complexity index is 547. The van der Waals surface area contributed by atoms with E-state index < -0.39 is 0 Å². The third-order valence-corrected chi connectivity index (χ3v) is 9.84. The minimum Gasteiger partial charge on any atom is -0.465 e. The predicted octanol–water partition coefficient (Wildman–Crippen LogP) is 13.3. The fourth-order valence-corrected chi connectivity index (χ4v) is 6.58. The van der Waals surface area contributed by atoms with E-state index >= 15 is 0 Å². The summed E-state index contributed by atoms with van der Waals surface area (Å²) in [7, 11) is 0. The van der Waals surface area contributed by atoms with Crippen molar-refractivity contribution < 1.29 is 19.1 Å². The molecule has 4 nitrogen and oxygen atoms in total. The number of hydrogen-bond acceptors (Lipinski definition) is 5. The number of esters is 2. The lowest BCUT2D eigenvalue weighted by molar-refractivity contribution is -0.140. The van der Waals surface area contributed by atoms with Crippen molar-refractivity contribution in [2.75, 3.05) is 24.7 Å². The van der Waals surface area contributed by atoms with Gasteiger partial charge in [0.2, 0.25) is 0 Å². The number of ether oxygens (including phenoxy) is 2. The van der Waals surface area contributed by atoms with Crippen LogP contribution in [0, 0.1) is 0 Å². The number of rotatable bonds is 38. The van der Waals surface area contributed by atoms with Crippen LogP contribution in [-0.2, 0) is 19.1 Å². The lowest BCUT2D eigenvalue weighted by Crippen LogP contribution is -2.13. The molecule has 0 aliphatic rings. The first-order valence-electron chi connectivity index (χ1n) is 20.1. The summed E-state index contributed by atoms with van der Waals surface area (Å²) in [6.45, 7) is 5.57. The average molecular weight is 655 g/mol. The van der Waals surface area contributed by atoms with E-state index in [1.165, 1.54) is 192 Å². The molecule has 0 rings (SSSR count). The standard InChI is InChI=1S/C40H78O4S/c1-3-5-7-9-11-13-15-17-19-21-23-25-27-29-31-33-35-43-39(41)37-45-38-40(42)44-36-34-32-30-28-26-24-22-20-18-16-14-12-10-8-6-4-2/h3-38H2,1-2H3. The summed E-state index contributed by atoms with van der Waals surface area (Å²) in [5, 5.41) is 0. The van der Waals surface area contributed by atoms with Crippen LogP contribution in [0.15, 0.2) is 0 Å². The Morgan fingerprint density at radius 1 is 0.333 bits per heavy atom. The first-order chi connectivity index (χ1) is 22.2. The molecule has 0 aliphatic carbocycles. The van der Waals surface area contributed by atoms with E-state index in [1.54, 1.807) is 0 Å². The molecule has 0 aliphatic heterocycles. The fourth-order valence-electron chi connectivity index (χ4n) is 5.97. The van der Waals surface area contributed by atoms with Gasteiger partial charge in [0.25, 0.3) is 0 Å². The smallest absolute Gasteiger partial charge is 0.315 e. The van der Waals surface area contributed by atoms with Crippen molar-refractivity contribution in [3.8, 4) is 0 Å². The van der Waals surface area contributed by atoms with Crippen molar-refractivity contribution in [3.05, 3.63) is 0 Å². The zero-order chi connectivity index (χ0) is 32.7. The van der Waals surface area contributed by atoms with Crippen LogP contribution in [0.4, 0.5) is 0 Å². The molecule has 5 heteroatoms. The predicted molar refractivity (Wildman–Crippen MR) is 198 cm³/mol. The molecule has 0 radical (unpaired) electrons. The Morgan fingerprint density at radius 2 is 0.533 bits per heavy atom. The largest absolute Gasteiger partial charge is 0.465 e. The van der Waals surface area contributed by atoms with Crippen LogP contribution in [0.3, 0.4) is 0 Å². The number of unbranched alkanes of at least 4 members (excludes halogenated alkanes) is 30. The van der Waals surface area contributed by atoms with Crippen LogP contribution < -0.4 is 0 Å². The average Bonchev–Trinajstić information content (AvgIpc) is 3.04. The first-order valence-corrected chi connectivity index (χ1v) is 21.2. The molecule has 45 heavy (non-hydrogen) atoms. The maximum absolute atomic E-state index is 11.9. The normalized spacial score (nSPS) is 11.2. The number of carbonyl (C=O) groups excluding carboxylic acids is 2. The third-order valence-electron chi connectivity index (χ3n) is 8.96. The SMILES string of the molecule is CCCCCCCCCCCCCCCCCCOC(=O)CSCC(=O)OCCCCCCCCCCCCCCCCCC. The van der Waals surface area contributed by atoms with Gasteiger partial charge in [0.1, 0.15) is 0 Å². The van der Waals surface area contributed by atoms with Gasteiger partial charge in [-0.3, -0.25) is 9.59 Å². The van der Waals surface area contributed by atoms with Crippen molar-refractivity contribution in [2.24, 2.45) is 0 Å². The molecule has 0 spiro atoms. The zero-order valence-corrected chi connectivity index (χ0v) is 31.3. The van der Waals surface area contributed by atoms with Crippen LogP contribution in [0.25, 0.3) is 0 Å². The molecule has 0 unspecified atom stereocenters. The second-order valence-corrected chi connectivity index (χ2v) is 14.5. The molecule has 0 atom stereocenters. The quantitative estimate of drug-likeness (QED) is 0.0490. The van der Waals surface area contributed by atoms with Gasteiger partial charge in [0.15, 0.2) is 0 Å². The molecular weight excluding hydrogens is 577 g/mol. The maximum Gasteiger partial charge on any atom is 0.315 e. The topological polar surface area (TPSA) is 52.6 Å². The Morgan fingerprint density at radius 3 is 0.756 bits per heavy atom. The number of carbonyl (C=O) groups is 2. The molecular formula is C40H78O4S. The highest BCUT2D eigenvalue weighted by Gasteiger charge is 2.08. The van der Waals surface area contributed by atoms with Crippen molar-refractivity contribution in [3.63, 3.8) is 0 Å². The van der Waals surface area contributed by atoms with Gasteiger partial charge in [-0.05, 0) is 12.8 Å². The van der Waals surface area contributed by atoms with Crippen LogP contribution in [-0.4, -0.2) is 36.7 Å². The summed E-state index contributed by atoms with van der Waals surface area (Å²) >= 11 is 1.30. The summed E-state index contributed by atoms with van der Waals surface area (Å²) in [6, 6.07) is 0. The van der Waals surface area contributed by atoms with E-state index in [0.717, 1.165) is 25.7 Å². The Labute approximate surface area is 286 Å². The summed E-state index contributed by atoms with van der Waals surface area (Å²) in [4.78, 5) is 23.8. The second-order valence-electron chi connectivity index (χ2n) is 13.5. The molecule has 0 amide bonds. The Kier molecular flexibility index (Phi) is 38.8. The maximum atomic E-state index is 11.9. The van der Waals surface area contributed by atoms with E-state index in [1.807, 2.05) is 0 Å². The van der Waals surface area contributed by atoms with Gasteiger partial charge >= 0.3 is 11.9 Å². The van der Waals surface area contributed by atoms with Gasteiger partial charge in [0.05, 0.1) is 24.7 Å². The molecule has 268 valence electrons. The summed E-state index contributed by atoms with van der Waals surface area (Å²) < 4.78 is 10.7. The molecule has 0 aromatic rings. The molecule has 0 N–H and O–H groups in total. The molecule has 0 saturated heterocycles.